The van der Waals surface area contributed by atoms with Crippen LogP contribution < -0.4 is 15.4 Å². The van der Waals surface area contributed by atoms with Gasteiger partial charge in [0.05, 0.1) is 19.2 Å². The van der Waals surface area contributed by atoms with E-state index in [0.717, 1.165) is 5.39 Å². The number of rotatable bonds is 7. The van der Waals surface area contributed by atoms with E-state index in [4.69, 9.17) is 9.15 Å². The van der Waals surface area contributed by atoms with Crippen molar-refractivity contribution in [1.29, 1.82) is 0 Å². The maximum Gasteiger partial charge on any atom is 0.251 e. The molecular weight excluding hydrogens is 363 g/mol. The number of para-hydroxylation sites is 1. The quantitative estimate of drug-likeness (QED) is 0.653. The zero-order valence-electron chi connectivity index (χ0n) is 15.6. The van der Waals surface area contributed by atoms with Gasteiger partial charge in [-0.15, -0.1) is 0 Å². The third-order valence-electron chi connectivity index (χ3n) is 4.15. The lowest BCUT2D eigenvalue weighted by molar-refractivity contribution is -0.120. The monoisotopic (exact) mass is 384 g/mol. The van der Waals surface area contributed by atoms with Gasteiger partial charge in [0.1, 0.15) is 11.6 Å². The molecule has 7 heteroatoms. The molecule has 1 heterocycles. The first-order valence-electron chi connectivity index (χ1n) is 8.96. The van der Waals surface area contributed by atoms with Crippen LogP contribution in [-0.4, -0.2) is 25.0 Å². The van der Waals surface area contributed by atoms with Crippen LogP contribution in [0.5, 0.6) is 5.75 Å². The number of ether oxygens (including phenoxy) is 1. The molecule has 2 N–H and O–H groups in total. The summed E-state index contributed by atoms with van der Waals surface area (Å²) in [6.45, 7) is 4.00. The van der Waals surface area contributed by atoms with E-state index < -0.39 is 17.8 Å². The molecule has 146 valence electrons. The Labute approximate surface area is 161 Å². The van der Waals surface area contributed by atoms with Crippen molar-refractivity contribution in [3.05, 3.63) is 65.7 Å². The molecule has 28 heavy (non-hydrogen) atoms. The van der Waals surface area contributed by atoms with Crippen LogP contribution in [0.3, 0.4) is 0 Å². The van der Waals surface area contributed by atoms with E-state index in [-0.39, 0.29) is 18.0 Å². The van der Waals surface area contributed by atoms with Crippen molar-refractivity contribution in [2.45, 2.75) is 19.9 Å². The highest BCUT2D eigenvalue weighted by atomic mass is 19.1. The summed E-state index contributed by atoms with van der Waals surface area (Å²) in [5.74, 6) is -0.0144. The van der Waals surface area contributed by atoms with Crippen molar-refractivity contribution < 1.29 is 23.1 Å². The predicted molar refractivity (Wildman–Crippen MR) is 103 cm³/mol. The molecule has 3 rings (SSSR count). The van der Waals surface area contributed by atoms with Gasteiger partial charge in [-0.1, -0.05) is 12.1 Å². The van der Waals surface area contributed by atoms with Gasteiger partial charge in [0.15, 0.2) is 11.3 Å². The van der Waals surface area contributed by atoms with Gasteiger partial charge in [0.2, 0.25) is 5.91 Å². The van der Waals surface area contributed by atoms with Gasteiger partial charge >= 0.3 is 0 Å². The standard InChI is InChI=1S/C21H21FN2O4/c1-3-27-17-6-4-5-15-11-18(28-20(15)17)13(2)24-19(25)12-23-21(26)14-7-9-16(22)10-8-14/h4-11,13H,3,12H2,1-2H3,(H,23,26)(H,24,25)/t13-/m1/s1. The number of carbonyl (C=O) groups is 2. The summed E-state index contributed by atoms with van der Waals surface area (Å²) in [6, 6.07) is 12.2. The van der Waals surface area contributed by atoms with Gasteiger partial charge < -0.3 is 19.8 Å². The van der Waals surface area contributed by atoms with Crippen molar-refractivity contribution in [3.63, 3.8) is 0 Å². The number of nitrogens with one attached hydrogen (secondary N) is 2. The van der Waals surface area contributed by atoms with Gasteiger partial charge in [0, 0.05) is 10.9 Å². The summed E-state index contributed by atoms with van der Waals surface area (Å²) < 4.78 is 24.3. The third-order valence-corrected chi connectivity index (χ3v) is 4.15. The SMILES string of the molecule is CCOc1cccc2cc([C@@H](C)NC(=O)CNC(=O)c3ccc(F)cc3)oc12. The van der Waals surface area contributed by atoms with Crippen LogP contribution in [0, 0.1) is 5.82 Å². The van der Waals surface area contributed by atoms with Crippen LogP contribution in [0.15, 0.2) is 52.9 Å². The average Bonchev–Trinajstić information content (AvgIpc) is 3.12. The second-order valence-electron chi connectivity index (χ2n) is 6.24. The van der Waals surface area contributed by atoms with Crippen LogP contribution in [0.4, 0.5) is 4.39 Å². The highest BCUT2D eigenvalue weighted by molar-refractivity contribution is 5.96. The molecule has 3 aromatic rings. The van der Waals surface area contributed by atoms with Crippen molar-refractivity contribution in [2.75, 3.05) is 13.2 Å². The normalized spacial score (nSPS) is 11.8. The molecule has 1 atom stereocenters. The maximum absolute atomic E-state index is 12.9. The summed E-state index contributed by atoms with van der Waals surface area (Å²) in [4.78, 5) is 24.1. The van der Waals surface area contributed by atoms with E-state index in [1.807, 2.05) is 31.2 Å². The Hall–Kier alpha value is -3.35. The summed E-state index contributed by atoms with van der Waals surface area (Å²) >= 11 is 0. The van der Waals surface area contributed by atoms with Crippen LogP contribution in [0.2, 0.25) is 0 Å². The van der Waals surface area contributed by atoms with Gasteiger partial charge in [-0.3, -0.25) is 9.59 Å². The number of hydrogen-bond donors (Lipinski definition) is 2. The first kappa shape index (κ1) is 19.4. The fourth-order valence-corrected chi connectivity index (χ4v) is 2.77. The number of benzene rings is 2. The number of furan rings is 1. The molecule has 2 aromatic carbocycles. The second-order valence-corrected chi connectivity index (χ2v) is 6.24. The predicted octanol–water partition coefficient (Wildman–Crippen LogP) is 3.58. The van der Waals surface area contributed by atoms with Crippen LogP contribution >= 0.6 is 0 Å². The van der Waals surface area contributed by atoms with E-state index >= 15 is 0 Å². The largest absolute Gasteiger partial charge is 0.490 e. The van der Waals surface area contributed by atoms with Gasteiger partial charge in [-0.2, -0.15) is 0 Å². The molecule has 0 saturated carbocycles. The van der Waals surface area contributed by atoms with Gasteiger partial charge in [-0.05, 0) is 50.2 Å². The molecule has 2 amide bonds. The summed E-state index contributed by atoms with van der Waals surface area (Å²) in [5.41, 5.74) is 0.910. The molecule has 0 bridgehead atoms. The zero-order chi connectivity index (χ0) is 20.1. The summed E-state index contributed by atoms with van der Waals surface area (Å²) in [5, 5.41) is 6.16. The minimum absolute atomic E-state index is 0.203. The van der Waals surface area contributed by atoms with E-state index in [0.29, 0.717) is 23.7 Å². The summed E-state index contributed by atoms with van der Waals surface area (Å²) in [7, 11) is 0. The Bertz CT molecular complexity index is 982. The lowest BCUT2D eigenvalue weighted by atomic mass is 10.2. The minimum Gasteiger partial charge on any atom is -0.490 e. The zero-order valence-corrected chi connectivity index (χ0v) is 15.6. The number of amides is 2. The van der Waals surface area contributed by atoms with Crippen molar-refractivity contribution in [2.24, 2.45) is 0 Å². The van der Waals surface area contributed by atoms with Crippen molar-refractivity contribution in [1.82, 2.24) is 10.6 Å². The van der Waals surface area contributed by atoms with Crippen LogP contribution in [0.25, 0.3) is 11.0 Å². The molecule has 0 spiro atoms. The molecule has 0 aliphatic rings. The number of halogens is 1. The molecule has 0 aliphatic heterocycles. The van der Waals surface area contributed by atoms with E-state index in [9.17, 15) is 14.0 Å². The van der Waals surface area contributed by atoms with Crippen molar-refractivity contribution >= 4 is 22.8 Å². The van der Waals surface area contributed by atoms with Crippen LogP contribution in [-0.2, 0) is 4.79 Å². The Morgan fingerprint density at radius 2 is 1.93 bits per heavy atom. The van der Waals surface area contributed by atoms with E-state index in [1.54, 1.807) is 6.92 Å². The van der Waals surface area contributed by atoms with Gasteiger partial charge in [0.25, 0.3) is 5.91 Å². The topological polar surface area (TPSA) is 80.6 Å². The van der Waals surface area contributed by atoms with E-state index in [1.165, 1.54) is 24.3 Å². The lowest BCUT2D eigenvalue weighted by Crippen LogP contribution is -2.37. The lowest BCUT2D eigenvalue weighted by Gasteiger charge is -2.12. The number of hydrogen-bond acceptors (Lipinski definition) is 4. The molecule has 0 saturated heterocycles. The average molecular weight is 384 g/mol. The first-order chi connectivity index (χ1) is 13.5. The molecule has 6 nitrogen and oxygen atoms in total. The highest BCUT2D eigenvalue weighted by Gasteiger charge is 2.17. The molecule has 0 unspecified atom stereocenters. The first-order valence-corrected chi connectivity index (χ1v) is 8.96. The summed E-state index contributed by atoms with van der Waals surface area (Å²) in [6.07, 6.45) is 0. The Kier molecular flexibility index (Phi) is 5.93. The number of fused-ring (bicyclic) bond motifs is 1. The number of carbonyl (C=O) groups excluding carboxylic acids is 2. The third kappa shape index (κ3) is 4.49. The Morgan fingerprint density at radius 3 is 2.64 bits per heavy atom. The van der Waals surface area contributed by atoms with E-state index in [2.05, 4.69) is 10.6 Å². The van der Waals surface area contributed by atoms with Gasteiger partial charge in [-0.25, -0.2) is 4.39 Å². The highest BCUT2D eigenvalue weighted by Crippen LogP contribution is 2.31. The van der Waals surface area contributed by atoms with Crippen molar-refractivity contribution in [3.8, 4) is 5.75 Å². The molecule has 0 radical (unpaired) electrons. The molecule has 0 fully saturated rings. The molecule has 1 aromatic heterocycles. The Balaban J connectivity index is 1.59. The maximum atomic E-state index is 12.9. The minimum atomic E-state index is -0.451. The van der Waals surface area contributed by atoms with Crippen LogP contribution in [0.1, 0.15) is 36.0 Å². The fraction of sp³-hybridized carbons (Fsp3) is 0.238. The smallest absolute Gasteiger partial charge is 0.251 e. The second kappa shape index (κ2) is 8.56. The molecular formula is C21H21FN2O4. The fourth-order valence-electron chi connectivity index (χ4n) is 2.77. The Morgan fingerprint density at radius 1 is 1.18 bits per heavy atom. The molecule has 0 aliphatic carbocycles.